The number of thioether (sulfide) groups is 1. The predicted octanol–water partition coefficient (Wildman–Crippen LogP) is 8.12. The number of nitrogens with zero attached hydrogens (tertiary/aromatic N) is 1. The van der Waals surface area contributed by atoms with Gasteiger partial charge in [-0.15, -0.1) is 11.3 Å². The number of hydrogen-bond acceptors (Lipinski definition) is 9. The molecule has 0 radical (unpaired) electrons. The lowest BCUT2D eigenvalue weighted by Crippen LogP contribution is -2.57. The zero-order valence-corrected chi connectivity index (χ0v) is 32.5. The number of halogens is 1. The summed E-state index contributed by atoms with van der Waals surface area (Å²) in [5.74, 6) is 1.34. The largest absolute Gasteiger partial charge is 0.464 e. The molecule has 2 aromatic rings. The highest BCUT2D eigenvalue weighted by molar-refractivity contribution is 8.26. The molecule has 3 N–H and O–H groups in total. The molecule has 1 aromatic carbocycles. The molecule has 0 unspecified atom stereocenters. The Morgan fingerprint density at radius 3 is 2.35 bits per heavy atom. The number of unbranched alkanes of at least 4 members (excludes halogenated alkanes) is 2. The molecule has 1 saturated heterocycles. The molecular weight excluding hydrogens is 726 g/mol. The fourth-order valence-corrected chi connectivity index (χ4v) is 11.1. The van der Waals surface area contributed by atoms with Gasteiger partial charge >= 0.3 is 12.1 Å². The number of carbonyl (C=O) groups excluding carboxylic acids is 4. The molecular formula is C38H46ClN3O6S3. The van der Waals surface area contributed by atoms with Crippen LogP contribution in [0, 0.1) is 23.7 Å². The van der Waals surface area contributed by atoms with Gasteiger partial charge in [0.2, 0.25) is 5.91 Å². The van der Waals surface area contributed by atoms with Gasteiger partial charge in [0.1, 0.15) is 16.0 Å². The van der Waals surface area contributed by atoms with Gasteiger partial charge < -0.3 is 20.5 Å². The summed E-state index contributed by atoms with van der Waals surface area (Å²) in [6, 6.07) is 8.96. The summed E-state index contributed by atoms with van der Waals surface area (Å²) in [6.45, 7) is 5.22. The van der Waals surface area contributed by atoms with Crippen molar-refractivity contribution in [3.05, 3.63) is 50.7 Å². The van der Waals surface area contributed by atoms with Crippen molar-refractivity contribution in [1.82, 2.24) is 10.2 Å². The number of nitrogens with two attached hydrogens (primary N) is 1. The van der Waals surface area contributed by atoms with E-state index in [4.69, 9.17) is 39.0 Å². The fourth-order valence-electron chi connectivity index (χ4n) is 8.40. The third-order valence-corrected chi connectivity index (χ3v) is 13.0. The Balaban J connectivity index is 1.09. The summed E-state index contributed by atoms with van der Waals surface area (Å²) in [6.07, 6.45) is 10.0. The summed E-state index contributed by atoms with van der Waals surface area (Å²) in [5, 5.41) is 3.06. The Bertz CT molecular complexity index is 1670. The van der Waals surface area contributed by atoms with Crippen molar-refractivity contribution in [3.63, 3.8) is 0 Å². The molecule has 3 amide bonds. The SMILES string of the molecule is CC(C)(C)OC(=O)N[C@@H](CC(N)=O)C(=O)OCCCCCc1cc(-c2ccc(Cl)cc2)sc1C=C1SC(=S)N(C2C3CC4CC(C3)CC2C4)C1=O. The van der Waals surface area contributed by atoms with Crippen molar-refractivity contribution >= 4 is 81.2 Å². The first kappa shape index (κ1) is 37.8. The molecule has 4 bridgehead atoms. The van der Waals surface area contributed by atoms with Crippen molar-refractivity contribution in [2.75, 3.05) is 6.61 Å². The van der Waals surface area contributed by atoms with E-state index in [0.717, 1.165) is 52.0 Å². The monoisotopic (exact) mass is 771 g/mol. The van der Waals surface area contributed by atoms with Crippen molar-refractivity contribution in [2.24, 2.45) is 29.4 Å². The standard InChI is InChI=1S/C38H46ClN3O6S3/c1-38(2,3)48-36(46)41-28(19-32(40)43)35(45)47-12-6-4-5-7-24-18-29(23-8-10-27(39)11-9-23)50-30(24)20-31-34(44)42(37(49)51-31)33-25-14-21-13-22(16-25)17-26(33)15-21/h8-11,18,20-22,25-26,28,33H,4-7,12-17,19H2,1-3H3,(H2,40,43)(H,41,46)/t21?,22?,25?,26?,28-,33?/m0/s1. The molecule has 0 spiro atoms. The van der Waals surface area contributed by atoms with E-state index in [1.54, 1.807) is 32.1 Å². The minimum absolute atomic E-state index is 0.0486. The molecule has 2 heterocycles. The number of benzene rings is 1. The van der Waals surface area contributed by atoms with E-state index in [0.29, 0.717) is 32.5 Å². The van der Waals surface area contributed by atoms with Crippen molar-refractivity contribution in [1.29, 1.82) is 0 Å². The lowest BCUT2D eigenvalue weighted by atomic mass is 9.54. The molecule has 7 rings (SSSR count). The zero-order chi connectivity index (χ0) is 36.4. The van der Waals surface area contributed by atoms with Crippen LogP contribution in [-0.4, -0.2) is 57.4 Å². The van der Waals surface area contributed by atoms with Crippen LogP contribution in [0.5, 0.6) is 0 Å². The number of amides is 3. The molecule has 4 aliphatic carbocycles. The average Bonchev–Trinajstić information content (AvgIpc) is 3.56. The molecule has 1 atom stereocenters. The average molecular weight is 772 g/mol. The molecule has 5 fully saturated rings. The number of rotatable bonds is 13. The zero-order valence-electron chi connectivity index (χ0n) is 29.3. The van der Waals surface area contributed by atoms with Crippen LogP contribution in [0.15, 0.2) is 35.2 Å². The van der Waals surface area contributed by atoms with E-state index >= 15 is 0 Å². The second-order valence-corrected chi connectivity index (χ2v) is 18.5. The van der Waals surface area contributed by atoms with Crippen LogP contribution in [0.1, 0.15) is 89.0 Å². The van der Waals surface area contributed by atoms with E-state index in [9.17, 15) is 19.2 Å². The Labute approximate surface area is 318 Å². The number of alkyl carbamates (subject to hydrolysis) is 1. The maximum atomic E-state index is 14.0. The van der Waals surface area contributed by atoms with Gasteiger partial charge in [-0.05, 0) is 138 Å². The van der Waals surface area contributed by atoms with E-state index in [2.05, 4.69) is 11.4 Å². The number of esters is 1. The van der Waals surface area contributed by atoms with Crippen LogP contribution in [0.25, 0.3) is 16.5 Å². The topological polar surface area (TPSA) is 128 Å². The van der Waals surface area contributed by atoms with Gasteiger partial charge in [-0.3, -0.25) is 14.5 Å². The smallest absolute Gasteiger partial charge is 0.408 e. The first-order chi connectivity index (χ1) is 24.2. The van der Waals surface area contributed by atoms with E-state index in [1.165, 1.54) is 43.9 Å². The number of carbonyl (C=O) groups is 4. The number of thiocarbonyl (C=S) groups is 1. The number of ether oxygens (including phenoxy) is 2. The minimum Gasteiger partial charge on any atom is -0.464 e. The maximum Gasteiger partial charge on any atom is 0.408 e. The highest BCUT2D eigenvalue weighted by Gasteiger charge is 2.53. The van der Waals surface area contributed by atoms with Crippen LogP contribution in [0.2, 0.25) is 5.02 Å². The first-order valence-electron chi connectivity index (χ1n) is 17.8. The van der Waals surface area contributed by atoms with Gasteiger partial charge in [-0.25, -0.2) is 9.59 Å². The number of primary amides is 1. The summed E-state index contributed by atoms with van der Waals surface area (Å²) in [4.78, 5) is 55.2. The summed E-state index contributed by atoms with van der Waals surface area (Å²) in [5.41, 5.74) is 6.73. The summed E-state index contributed by atoms with van der Waals surface area (Å²) in [7, 11) is 0. The van der Waals surface area contributed by atoms with Crippen LogP contribution in [0.4, 0.5) is 4.79 Å². The van der Waals surface area contributed by atoms with Gasteiger partial charge in [0.25, 0.3) is 5.91 Å². The third kappa shape index (κ3) is 9.36. The quantitative estimate of drug-likeness (QED) is 0.0905. The molecule has 9 nitrogen and oxygen atoms in total. The number of nitrogens with one attached hydrogen (secondary N) is 1. The van der Waals surface area contributed by atoms with Crippen LogP contribution < -0.4 is 11.1 Å². The first-order valence-corrected chi connectivity index (χ1v) is 20.3. The lowest BCUT2D eigenvalue weighted by Gasteiger charge is -2.56. The molecule has 1 aromatic heterocycles. The van der Waals surface area contributed by atoms with Crippen LogP contribution >= 0.6 is 46.9 Å². The molecule has 1 aliphatic heterocycles. The number of aryl methyl sites for hydroxylation is 1. The Kier molecular flexibility index (Phi) is 11.8. The van der Waals surface area contributed by atoms with Crippen molar-refractivity contribution in [2.45, 2.75) is 103 Å². The summed E-state index contributed by atoms with van der Waals surface area (Å²) >= 11 is 15.1. The number of thiophene rings is 1. The minimum atomic E-state index is -1.23. The Morgan fingerprint density at radius 2 is 1.73 bits per heavy atom. The van der Waals surface area contributed by atoms with Crippen LogP contribution in [-0.2, 0) is 30.3 Å². The maximum absolute atomic E-state index is 14.0. The normalized spacial score (nSPS) is 25.4. The van der Waals surface area contributed by atoms with E-state index in [1.807, 2.05) is 35.2 Å². The molecule has 5 aliphatic rings. The van der Waals surface area contributed by atoms with Crippen molar-refractivity contribution < 1.29 is 28.7 Å². The Hall–Kier alpha value is -2.93. The number of hydrogen-bond donors (Lipinski definition) is 2. The fraction of sp³-hybridized carbons (Fsp3) is 0.553. The lowest BCUT2D eigenvalue weighted by molar-refractivity contribution is -0.147. The van der Waals surface area contributed by atoms with Crippen molar-refractivity contribution in [3.8, 4) is 10.4 Å². The highest BCUT2D eigenvalue weighted by Crippen LogP contribution is 2.56. The van der Waals surface area contributed by atoms with E-state index < -0.39 is 36.0 Å². The highest BCUT2D eigenvalue weighted by atomic mass is 35.5. The molecule has 13 heteroatoms. The van der Waals surface area contributed by atoms with E-state index in [-0.39, 0.29) is 18.6 Å². The third-order valence-electron chi connectivity index (χ3n) is 10.2. The van der Waals surface area contributed by atoms with Gasteiger partial charge in [0, 0.05) is 20.8 Å². The second-order valence-electron chi connectivity index (χ2n) is 15.3. The summed E-state index contributed by atoms with van der Waals surface area (Å²) < 4.78 is 11.3. The Morgan fingerprint density at radius 1 is 1.06 bits per heavy atom. The van der Waals surface area contributed by atoms with Gasteiger partial charge in [0.05, 0.1) is 17.9 Å². The second kappa shape index (κ2) is 16.0. The predicted molar refractivity (Wildman–Crippen MR) is 206 cm³/mol. The van der Waals surface area contributed by atoms with Crippen LogP contribution in [0.3, 0.4) is 0 Å². The van der Waals surface area contributed by atoms with Gasteiger partial charge in [0.15, 0.2) is 0 Å². The van der Waals surface area contributed by atoms with Gasteiger partial charge in [-0.1, -0.05) is 47.7 Å². The molecule has 274 valence electrons. The van der Waals surface area contributed by atoms with Gasteiger partial charge in [-0.2, -0.15) is 0 Å². The molecule has 51 heavy (non-hydrogen) atoms. The molecule has 4 saturated carbocycles.